The zero-order valence-electron chi connectivity index (χ0n) is 16.3. The quantitative estimate of drug-likeness (QED) is 0.626. The Kier molecular flexibility index (Phi) is 8.73. The number of carbonyl (C=O) groups is 2. The highest BCUT2D eigenvalue weighted by atomic mass is 35.5. The number of rotatable bonds is 9. The molecule has 1 N–H and O–H groups in total. The Morgan fingerprint density at radius 3 is 2.34 bits per heavy atom. The Bertz CT molecular complexity index is 843. The van der Waals surface area contributed by atoms with Crippen LogP contribution in [0.2, 0.25) is 10.0 Å². The fraction of sp³-hybridized carbons (Fsp3) is 0.333. The van der Waals surface area contributed by atoms with E-state index in [9.17, 15) is 14.0 Å². The average molecular weight is 441 g/mol. The summed E-state index contributed by atoms with van der Waals surface area (Å²) in [5.41, 5.74) is 0.526. The van der Waals surface area contributed by atoms with E-state index in [2.05, 4.69) is 5.32 Å². The predicted molar refractivity (Wildman–Crippen MR) is 112 cm³/mol. The van der Waals surface area contributed by atoms with Crippen molar-refractivity contribution in [3.05, 3.63) is 63.9 Å². The number of para-hydroxylation sites is 1. The summed E-state index contributed by atoms with van der Waals surface area (Å²) in [6.07, 6.45) is 0.374. The molecule has 2 amide bonds. The predicted octanol–water partition coefficient (Wildman–Crippen LogP) is 4.45. The molecule has 29 heavy (non-hydrogen) atoms. The van der Waals surface area contributed by atoms with E-state index in [1.54, 1.807) is 38.1 Å². The van der Waals surface area contributed by atoms with E-state index in [4.69, 9.17) is 27.9 Å². The number of halogens is 3. The van der Waals surface area contributed by atoms with Crippen molar-refractivity contribution in [3.8, 4) is 5.75 Å². The van der Waals surface area contributed by atoms with E-state index in [0.29, 0.717) is 28.6 Å². The topological polar surface area (TPSA) is 58.6 Å². The number of benzene rings is 2. The SMILES string of the molecule is CCNC(=O)[C@H](CC)N(Cc1c(Cl)cccc1Cl)C(=O)COc1ccccc1F. The molecular formula is C21H23Cl2FN2O3. The van der Waals surface area contributed by atoms with E-state index in [-0.39, 0.29) is 18.2 Å². The van der Waals surface area contributed by atoms with Gasteiger partial charge in [-0.05, 0) is 37.6 Å². The van der Waals surface area contributed by atoms with E-state index in [1.165, 1.54) is 23.1 Å². The van der Waals surface area contributed by atoms with Gasteiger partial charge in [-0.15, -0.1) is 0 Å². The molecule has 0 aliphatic carbocycles. The summed E-state index contributed by atoms with van der Waals surface area (Å²) in [6, 6.07) is 10.1. The third kappa shape index (κ3) is 6.08. The van der Waals surface area contributed by atoms with Gasteiger partial charge in [-0.3, -0.25) is 9.59 Å². The van der Waals surface area contributed by atoms with Crippen molar-refractivity contribution >= 4 is 35.0 Å². The number of hydrogen-bond donors (Lipinski definition) is 1. The maximum absolute atomic E-state index is 13.8. The number of hydrogen-bond acceptors (Lipinski definition) is 3. The van der Waals surface area contributed by atoms with Crippen LogP contribution in [-0.2, 0) is 16.1 Å². The van der Waals surface area contributed by atoms with Crippen LogP contribution >= 0.6 is 23.2 Å². The fourth-order valence-corrected chi connectivity index (χ4v) is 3.37. The third-order valence-corrected chi connectivity index (χ3v) is 5.02. The minimum absolute atomic E-state index is 0.0214. The van der Waals surface area contributed by atoms with Crippen molar-refractivity contribution in [2.75, 3.05) is 13.2 Å². The van der Waals surface area contributed by atoms with E-state index in [0.717, 1.165) is 0 Å². The zero-order chi connectivity index (χ0) is 21.4. The van der Waals surface area contributed by atoms with Crippen LogP contribution in [0.3, 0.4) is 0 Å². The Balaban J connectivity index is 2.28. The zero-order valence-corrected chi connectivity index (χ0v) is 17.8. The van der Waals surface area contributed by atoms with Gasteiger partial charge in [-0.25, -0.2) is 4.39 Å². The maximum atomic E-state index is 13.8. The first-order chi connectivity index (χ1) is 13.9. The first kappa shape index (κ1) is 23.0. The normalized spacial score (nSPS) is 11.6. The average Bonchev–Trinajstić information content (AvgIpc) is 2.69. The van der Waals surface area contributed by atoms with Crippen molar-refractivity contribution in [2.24, 2.45) is 0 Å². The first-order valence-electron chi connectivity index (χ1n) is 9.26. The molecule has 0 spiro atoms. The molecule has 0 radical (unpaired) electrons. The summed E-state index contributed by atoms with van der Waals surface area (Å²) in [5.74, 6) is -1.39. The molecule has 1 atom stereocenters. The molecule has 5 nitrogen and oxygen atoms in total. The lowest BCUT2D eigenvalue weighted by atomic mass is 10.1. The van der Waals surface area contributed by atoms with Crippen LogP contribution < -0.4 is 10.1 Å². The van der Waals surface area contributed by atoms with Gasteiger partial charge in [-0.2, -0.15) is 0 Å². The minimum atomic E-state index is -0.751. The number of carbonyl (C=O) groups excluding carboxylic acids is 2. The molecule has 8 heteroatoms. The second-order valence-corrected chi connectivity index (χ2v) is 7.07. The summed E-state index contributed by atoms with van der Waals surface area (Å²) in [4.78, 5) is 26.9. The smallest absolute Gasteiger partial charge is 0.261 e. The second-order valence-electron chi connectivity index (χ2n) is 6.26. The Labute approximate surface area is 179 Å². The van der Waals surface area contributed by atoms with Gasteiger partial charge in [0.15, 0.2) is 18.2 Å². The van der Waals surface area contributed by atoms with Crippen LogP contribution in [0.15, 0.2) is 42.5 Å². The van der Waals surface area contributed by atoms with E-state index < -0.39 is 24.4 Å². The van der Waals surface area contributed by atoms with Gasteiger partial charge in [0.25, 0.3) is 5.91 Å². The summed E-state index contributed by atoms with van der Waals surface area (Å²) in [7, 11) is 0. The highest BCUT2D eigenvalue weighted by molar-refractivity contribution is 6.36. The molecule has 156 valence electrons. The second kappa shape index (κ2) is 11.0. The molecule has 2 aromatic rings. The monoisotopic (exact) mass is 440 g/mol. The third-order valence-electron chi connectivity index (χ3n) is 4.31. The molecule has 0 saturated heterocycles. The van der Waals surface area contributed by atoms with Crippen LogP contribution in [0.4, 0.5) is 4.39 Å². The number of nitrogens with one attached hydrogen (secondary N) is 1. The van der Waals surface area contributed by atoms with Crippen molar-refractivity contribution in [2.45, 2.75) is 32.9 Å². The number of nitrogens with zero attached hydrogens (tertiary/aromatic N) is 1. The molecule has 0 aliphatic rings. The molecule has 0 aliphatic heterocycles. The van der Waals surface area contributed by atoms with Crippen LogP contribution in [-0.4, -0.2) is 35.9 Å². The lowest BCUT2D eigenvalue weighted by molar-refractivity contribution is -0.143. The number of amides is 2. The molecule has 2 rings (SSSR count). The lowest BCUT2D eigenvalue weighted by Gasteiger charge is -2.31. The minimum Gasteiger partial charge on any atom is -0.481 e. The molecule has 0 heterocycles. The molecule has 0 saturated carbocycles. The van der Waals surface area contributed by atoms with Crippen molar-refractivity contribution in [1.29, 1.82) is 0 Å². The summed E-state index contributed by atoms with van der Waals surface area (Å²) in [5, 5.41) is 3.50. The van der Waals surface area contributed by atoms with E-state index >= 15 is 0 Å². The lowest BCUT2D eigenvalue weighted by Crippen LogP contribution is -2.50. The van der Waals surface area contributed by atoms with Gasteiger partial charge < -0.3 is 15.0 Å². The summed E-state index contributed by atoms with van der Waals surface area (Å²) >= 11 is 12.5. The van der Waals surface area contributed by atoms with Crippen LogP contribution in [0.25, 0.3) is 0 Å². The number of likely N-dealkylation sites (N-methyl/N-ethyl adjacent to an activating group) is 1. The van der Waals surface area contributed by atoms with E-state index in [1.807, 2.05) is 0 Å². The Hall–Kier alpha value is -2.31. The summed E-state index contributed by atoms with van der Waals surface area (Å²) in [6.45, 7) is 3.61. The molecule has 2 aromatic carbocycles. The van der Waals surface area contributed by atoms with Gasteiger partial charge in [0.1, 0.15) is 6.04 Å². The van der Waals surface area contributed by atoms with Crippen molar-refractivity contribution in [1.82, 2.24) is 10.2 Å². The first-order valence-corrected chi connectivity index (χ1v) is 10.0. The van der Waals surface area contributed by atoms with Crippen LogP contribution in [0, 0.1) is 5.82 Å². The van der Waals surface area contributed by atoms with Crippen molar-refractivity contribution < 1.29 is 18.7 Å². The number of ether oxygens (including phenoxy) is 1. The van der Waals surface area contributed by atoms with Crippen LogP contribution in [0.1, 0.15) is 25.8 Å². The largest absolute Gasteiger partial charge is 0.481 e. The highest BCUT2D eigenvalue weighted by Gasteiger charge is 2.29. The van der Waals surface area contributed by atoms with Gasteiger partial charge in [0.2, 0.25) is 5.91 Å². The Morgan fingerprint density at radius 2 is 1.76 bits per heavy atom. The standard InChI is InChI=1S/C21H23Cl2FN2O3/c1-3-18(21(28)25-4-2)26(12-14-15(22)8-7-9-16(14)23)20(27)13-29-19-11-6-5-10-17(19)24/h5-11,18H,3-4,12-13H2,1-2H3,(H,25,28)/t18-/m0/s1. The van der Waals surface area contributed by atoms with Crippen LogP contribution in [0.5, 0.6) is 5.75 Å². The fourth-order valence-electron chi connectivity index (χ4n) is 2.85. The van der Waals surface area contributed by atoms with Crippen molar-refractivity contribution in [3.63, 3.8) is 0 Å². The van der Waals surface area contributed by atoms with Gasteiger partial charge >= 0.3 is 0 Å². The van der Waals surface area contributed by atoms with Gasteiger partial charge in [0.05, 0.1) is 0 Å². The molecule has 0 aromatic heterocycles. The molecule has 0 fully saturated rings. The maximum Gasteiger partial charge on any atom is 0.261 e. The molecule has 0 bridgehead atoms. The molecule has 0 unspecified atom stereocenters. The van der Waals surface area contributed by atoms with Gasteiger partial charge in [0, 0.05) is 28.7 Å². The summed E-state index contributed by atoms with van der Waals surface area (Å²) < 4.78 is 19.1. The van der Waals surface area contributed by atoms with Gasteiger partial charge in [-0.1, -0.05) is 48.3 Å². The Morgan fingerprint density at radius 1 is 1.10 bits per heavy atom. The molecular weight excluding hydrogens is 418 g/mol. The highest BCUT2D eigenvalue weighted by Crippen LogP contribution is 2.27.